The highest BCUT2D eigenvalue weighted by Gasteiger charge is 2.30. The van der Waals surface area contributed by atoms with Crippen LogP contribution in [0.25, 0.3) is 0 Å². The van der Waals surface area contributed by atoms with Gasteiger partial charge in [0.1, 0.15) is 5.75 Å². The van der Waals surface area contributed by atoms with Crippen LogP contribution in [0.2, 0.25) is 0 Å². The lowest BCUT2D eigenvalue weighted by molar-refractivity contribution is -0.274. The van der Waals surface area contributed by atoms with E-state index < -0.39 is 6.36 Å². The van der Waals surface area contributed by atoms with Gasteiger partial charge in [0.05, 0.1) is 0 Å². The standard InChI is InChI=1S/C18H27F3N4O.HI/c1-14-8-12-25(13-9-14)11-3-2-10-23-17(22)24-15-4-6-16(7-5-15)26-18(19,20)21;/h4-7,14H,2-3,8-13H2,1H3,(H3,22,23,24);1H. The maximum absolute atomic E-state index is 12.1. The first kappa shape index (κ1) is 23.8. The van der Waals surface area contributed by atoms with Crippen molar-refractivity contribution in [3.05, 3.63) is 24.3 Å². The van der Waals surface area contributed by atoms with E-state index in [0.29, 0.717) is 12.2 Å². The van der Waals surface area contributed by atoms with Crippen LogP contribution in [-0.4, -0.2) is 43.4 Å². The Balaban J connectivity index is 0.00000364. The van der Waals surface area contributed by atoms with Crippen LogP contribution in [0.5, 0.6) is 5.75 Å². The van der Waals surface area contributed by atoms with E-state index in [2.05, 4.69) is 26.9 Å². The number of nitrogens with two attached hydrogens (primary N) is 1. The molecule has 0 aliphatic carbocycles. The second-order valence-corrected chi connectivity index (χ2v) is 6.70. The topological polar surface area (TPSA) is 62.9 Å². The Morgan fingerprint density at radius 1 is 1.22 bits per heavy atom. The van der Waals surface area contributed by atoms with E-state index in [1.807, 2.05) is 0 Å². The molecule has 1 saturated heterocycles. The average Bonchev–Trinajstić information content (AvgIpc) is 2.57. The first-order valence-electron chi connectivity index (χ1n) is 8.97. The van der Waals surface area contributed by atoms with E-state index in [4.69, 9.17) is 5.73 Å². The van der Waals surface area contributed by atoms with Crippen LogP contribution in [0, 0.1) is 5.92 Å². The number of halogens is 4. The molecule has 154 valence electrons. The molecule has 1 aromatic carbocycles. The number of nitrogens with one attached hydrogen (secondary N) is 1. The highest BCUT2D eigenvalue weighted by molar-refractivity contribution is 14.0. The van der Waals surface area contributed by atoms with Gasteiger partial charge in [0.15, 0.2) is 5.96 Å². The molecule has 3 N–H and O–H groups in total. The molecule has 5 nitrogen and oxygen atoms in total. The lowest BCUT2D eigenvalue weighted by Crippen LogP contribution is -2.33. The monoisotopic (exact) mass is 500 g/mol. The molecule has 2 rings (SSSR count). The quantitative estimate of drug-likeness (QED) is 0.252. The third-order valence-electron chi connectivity index (χ3n) is 4.40. The fourth-order valence-corrected chi connectivity index (χ4v) is 2.86. The number of unbranched alkanes of at least 4 members (excludes halogenated alkanes) is 1. The van der Waals surface area contributed by atoms with E-state index in [-0.39, 0.29) is 35.7 Å². The largest absolute Gasteiger partial charge is 0.573 e. The molecule has 1 aliphatic rings. The molecule has 9 heteroatoms. The fourth-order valence-electron chi connectivity index (χ4n) is 2.86. The van der Waals surface area contributed by atoms with Crippen LogP contribution >= 0.6 is 24.0 Å². The zero-order chi connectivity index (χ0) is 19.0. The minimum atomic E-state index is -4.69. The number of hydrogen-bond acceptors (Lipinski definition) is 3. The summed E-state index contributed by atoms with van der Waals surface area (Å²) in [5, 5.41) is 2.86. The van der Waals surface area contributed by atoms with Gasteiger partial charge >= 0.3 is 6.36 Å². The Kier molecular flexibility index (Phi) is 10.2. The zero-order valence-electron chi connectivity index (χ0n) is 15.5. The second-order valence-electron chi connectivity index (χ2n) is 6.70. The normalized spacial score (nSPS) is 16.7. The summed E-state index contributed by atoms with van der Waals surface area (Å²) < 4.78 is 40.1. The van der Waals surface area contributed by atoms with Crippen molar-refractivity contribution in [1.29, 1.82) is 0 Å². The maximum Gasteiger partial charge on any atom is 0.573 e. The third kappa shape index (κ3) is 10.0. The van der Waals surface area contributed by atoms with Crippen molar-refractivity contribution in [3.8, 4) is 5.75 Å². The molecule has 0 unspecified atom stereocenters. The molecule has 0 amide bonds. The van der Waals surface area contributed by atoms with Crippen LogP contribution in [0.1, 0.15) is 32.6 Å². The molecule has 27 heavy (non-hydrogen) atoms. The van der Waals surface area contributed by atoms with Crippen LogP contribution in [0.15, 0.2) is 29.3 Å². The van der Waals surface area contributed by atoms with E-state index in [9.17, 15) is 13.2 Å². The predicted octanol–water partition coefficient (Wildman–Crippen LogP) is 4.44. The highest BCUT2D eigenvalue weighted by atomic mass is 127. The number of anilines is 1. The Hall–Kier alpha value is -1.23. The van der Waals surface area contributed by atoms with Crippen molar-refractivity contribution in [1.82, 2.24) is 4.90 Å². The number of alkyl halides is 3. The number of benzene rings is 1. The molecule has 0 bridgehead atoms. The predicted molar refractivity (Wildman–Crippen MR) is 113 cm³/mol. The van der Waals surface area contributed by atoms with Gasteiger partial charge in [-0.1, -0.05) is 6.92 Å². The van der Waals surface area contributed by atoms with Crippen molar-refractivity contribution >= 4 is 35.6 Å². The summed E-state index contributed by atoms with van der Waals surface area (Å²) >= 11 is 0. The highest BCUT2D eigenvalue weighted by Crippen LogP contribution is 2.23. The van der Waals surface area contributed by atoms with Gasteiger partial charge in [-0.05, 0) is 75.5 Å². The van der Waals surface area contributed by atoms with Gasteiger partial charge in [-0.2, -0.15) is 0 Å². The number of guanidine groups is 1. The first-order valence-corrected chi connectivity index (χ1v) is 8.97. The minimum Gasteiger partial charge on any atom is -0.406 e. The first-order chi connectivity index (χ1) is 12.3. The van der Waals surface area contributed by atoms with Crippen molar-refractivity contribution in [2.45, 2.75) is 39.0 Å². The van der Waals surface area contributed by atoms with Crippen molar-refractivity contribution in [2.75, 3.05) is 31.5 Å². The van der Waals surface area contributed by atoms with E-state index >= 15 is 0 Å². The number of rotatable bonds is 7. The molecule has 0 aromatic heterocycles. The number of aliphatic imine (C=N–C) groups is 1. The summed E-state index contributed by atoms with van der Waals surface area (Å²) in [6.07, 6.45) is -0.104. The van der Waals surface area contributed by atoms with Crippen LogP contribution in [0.4, 0.5) is 18.9 Å². The molecule has 0 radical (unpaired) electrons. The van der Waals surface area contributed by atoms with Gasteiger partial charge in [0, 0.05) is 12.2 Å². The van der Waals surface area contributed by atoms with Gasteiger partial charge in [0.25, 0.3) is 0 Å². The molecule has 0 spiro atoms. The van der Waals surface area contributed by atoms with E-state index in [0.717, 1.165) is 25.3 Å². The number of piperidine rings is 1. The summed E-state index contributed by atoms with van der Waals surface area (Å²) in [5.41, 5.74) is 6.36. The molecular weight excluding hydrogens is 472 g/mol. The van der Waals surface area contributed by atoms with Crippen molar-refractivity contribution in [2.24, 2.45) is 16.6 Å². The number of ether oxygens (including phenoxy) is 1. The fraction of sp³-hybridized carbons (Fsp3) is 0.611. The zero-order valence-corrected chi connectivity index (χ0v) is 17.8. The molecule has 1 fully saturated rings. The molecule has 1 aliphatic heterocycles. The van der Waals surface area contributed by atoms with Gasteiger partial charge in [0.2, 0.25) is 0 Å². The lowest BCUT2D eigenvalue weighted by atomic mass is 9.99. The summed E-state index contributed by atoms with van der Waals surface area (Å²) in [6.45, 7) is 6.39. The van der Waals surface area contributed by atoms with Crippen LogP contribution in [-0.2, 0) is 0 Å². The lowest BCUT2D eigenvalue weighted by Gasteiger charge is -2.30. The van der Waals surface area contributed by atoms with Crippen molar-refractivity contribution < 1.29 is 17.9 Å². The Labute approximate surface area is 175 Å². The number of hydrogen-bond donors (Lipinski definition) is 2. The molecule has 1 heterocycles. The van der Waals surface area contributed by atoms with E-state index in [1.165, 1.54) is 50.2 Å². The Bertz CT molecular complexity index is 573. The van der Waals surface area contributed by atoms with Gasteiger partial charge in [-0.3, -0.25) is 4.99 Å². The Morgan fingerprint density at radius 2 is 1.85 bits per heavy atom. The Morgan fingerprint density at radius 3 is 2.44 bits per heavy atom. The summed E-state index contributed by atoms with van der Waals surface area (Å²) in [7, 11) is 0. The van der Waals surface area contributed by atoms with Gasteiger partial charge < -0.3 is 20.7 Å². The summed E-state index contributed by atoms with van der Waals surface area (Å²) in [4.78, 5) is 6.75. The van der Waals surface area contributed by atoms with Crippen LogP contribution in [0.3, 0.4) is 0 Å². The summed E-state index contributed by atoms with van der Waals surface area (Å²) in [5.74, 6) is 0.822. The van der Waals surface area contributed by atoms with Crippen molar-refractivity contribution in [3.63, 3.8) is 0 Å². The number of nitrogens with zero attached hydrogens (tertiary/aromatic N) is 2. The smallest absolute Gasteiger partial charge is 0.406 e. The van der Waals surface area contributed by atoms with Crippen LogP contribution < -0.4 is 15.8 Å². The van der Waals surface area contributed by atoms with E-state index in [1.54, 1.807) is 0 Å². The van der Waals surface area contributed by atoms with Gasteiger partial charge in [-0.25, -0.2) is 0 Å². The SMILES string of the molecule is CC1CCN(CCCCN=C(N)Nc2ccc(OC(F)(F)F)cc2)CC1.I. The minimum absolute atomic E-state index is 0. The molecular formula is C18H28F3IN4O. The number of likely N-dealkylation sites (tertiary alicyclic amines) is 1. The molecule has 1 aromatic rings. The summed E-state index contributed by atoms with van der Waals surface area (Å²) in [6, 6.07) is 5.37. The second kappa shape index (κ2) is 11.6. The third-order valence-corrected chi connectivity index (χ3v) is 4.40. The maximum atomic E-state index is 12.1. The molecule has 0 atom stereocenters. The molecule has 0 saturated carbocycles. The van der Waals surface area contributed by atoms with Gasteiger partial charge in [-0.15, -0.1) is 37.1 Å². The average molecular weight is 500 g/mol.